The van der Waals surface area contributed by atoms with Gasteiger partial charge in [-0.05, 0) is 55.6 Å². The van der Waals surface area contributed by atoms with Gasteiger partial charge in [0.2, 0.25) is 5.91 Å². The number of thiophene rings is 1. The van der Waals surface area contributed by atoms with Crippen LogP contribution in [0.15, 0.2) is 45.6 Å². The molecule has 2 aromatic rings. The van der Waals surface area contributed by atoms with Crippen molar-refractivity contribution in [2.24, 2.45) is 4.99 Å². The van der Waals surface area contributed by atoms with Crippen LogP contribution in [0.25, 0.3) is 0 Å². The maximum Gasteiger partial charge on any atom is 0.262 e. The first-order valence-corrected chi connectivity index (χ1v) is 11.4. The number of carbonyl (C=O) groups is 1. The number of anilines is 1. The maximum atomic E-state index is 12.5. The van der Waals surface area contributed by atoms with Crippen LogP contribution in [0.4, 0.5) is 5.69 Å². The lowest BCUT2D eigenvalue weighted by Gasteiger charge is -2.16. The number of sulfonamides is 1. The molecule has 1 aliphatic heterocycles. The van der Waals surface area contributed by atoms with Crippen LogP contribution in [0.3, 0.4) is 0 Å². The second-order valence-electron chi connectivity index (χ2n) is 6.81. The Labute approximate surface area is 169 Å². The number of hydrogen-bond donors (Lipinski definition) is 2. The highest BCUT2D eigenvalue weighted by Gasteiger charge is 2.19. The molecule has 0 bridgehead atoms. The van der Waals surface area contributed by atoms with E-state index in [1.165, 1.54) is 22.6 Å². The Balaban J connectivity index is 1.60. The SMILES string of the molecule is Cc1ccsc1CN(C)CC(=O)Nc1cccc(S(=O)(=O)NC2=NCCC2)c1. The number of amidine groups is 1. The molecule has 1 amide bonds. The van der Waals surface area contributed by atoms with Gasteiger partial charge in [-0.25, -0.2) is 8.42 Å². The van der Waals surface area contributed by atoms with E-state index in [-0.39, 0.29) is 17.3 Å². The molecule has 0 atom stereocenters. The molecular weight excluding hydrogens is 396 g/mol. The molecule has 0 unspecified atom stereocenters. The molecule has 0 aliphatic carbocycles. The average Bonchev–Trinajstić information content (AvgIpc) is 3.27. The number of nitrogens with zero attached hydrogens (tertiary/aromatic N) is 2. The second-order valence-corrected chi connectivity index (χ2v) is 9.50. The lowest BCUT2D eigenvalue weighted by atomic mass is 10.3. The van der Waals surface area contributed by atoms with E-state index in [0.29, 0.717) is 31.0 Å². The minimum absolute atomic E-state index is 0.0995. The zero-order chi connectivity index (χ0) is 20.1. The molecule has 1 aliphatic rings. The summed E-state index contributed by atoms with van der Waals surface area (Å²) >= 11 is 1.67. The summed E-state index contributed by atoms with van der Waals surface area (Å²) < 4.78 is 27.5. The molecule has 9 heteroatoms. The van der Waals surface area contributed by atoms with Crippen molar-refractivity contribution in [3.05, 3.63) is 46.2 Å². The monoisotopic (exact) mass is 420 g/mol. The fourth-order valence-electron chi connectivity index (χ4n) is 2.89. The van der Waals surface area contributed by atoms with E-state index >= 15 is 0 Å². The van der Waals surface area contributed by atoms with Crippen LogP contribution in [0.1, 0.15) is 23.3 Å². The molecule has 7 nitrogen and oxygen atoms in total. The number of benzene rings is 1. The fourth-order valence-corrected chi connectivity index (χ4v) is 5.01. The van der Waals surface area contributed by atoms with Gasteiger partial charge in [-0.1, -0.05) is 6.07 Å². The molecule has 2 N–H and O–H groups in total. The van der Waals surface area contributed by atoms with Crippen LogP contribution in [-0.2, 0) is 21.4 Å². The number of amides is 1. The molecule has 0 saturated heterocycles. The number of rotatable bonds is 7. The molecule has 28 heavy (non-hydrogen) atoms. The van der Waals surface area contributed by atoms with Crippen molar-refractivity contribution in [3.63, 3.8) is 0 Å². The van der Waals surface area contributed by atoms with Crippen molar-refractivity contribution in [2.75, 3.05) is 25.5 Å². The van der Waals surface area contributed by atoms with Gasteiger partial charge in [-0.15, -0.1) is 11.3 Å². The predicted molar refractivity (Wildman–Crippen MR) is 112 cm³/mol. The van der Waals surface area contributed by atoms with Gasteiger partial charge >= 0.3 is 0 Å². The molecule has 0 spiro atoms. The van der Waals surface area contributed by atoms with Gasteiger partial charge < -0.3 is 5.32 Å². The zero-order valence-electron chi connectivity index (χ0n) is 15.9. The molecule has 0 saturated carbocycles. The molecule has 0 radical (unpaired) electrons. The number of aryl methyl sites for hydroxylation is 1. The van der Waals surface area contributed by atoms with Gasteiger partial charge in [0.1, 0.15) is 5.84 Å². The summed E-state index contributed by atoms with van der Waals surface area (Å²) in [5.74, 6) is 0.291. The highest BCUT2D eigenvalue weighted by molar-refractivity contribution is 7.90. The van der Waals surface area contributed by atoms with E-state index in [0.717, 1.165) is 6.42 Å². The van der Waals surface area contributed by atoms with Crippen molar-refractivity contribution in [1.82, 2.24) is 9.62 Å². The molecule has 0 fully saturated rings. The maximum absolute atomic E-state index is 12.5. The molecule has 3 rings (SSSR count). The number of nitrogens with one attached hydrogen (secondary N) is 2. The fraction of sp³-hybridized carbons (Fsp3) is 0.368. The van der Waals surface area contributed by atoms with Crippen LogP contribution in [0, 0.1) is 6.92 Å². The third kappa shape index (κ3) is 5.40. The Hall–Kier alpha value is -2.23. The topological polar surface area (TPSA) is 90.9 Å². The minimum Gasteiger partial charge on any atom is -0.325 e. The normalized spacial score (nSPS) is 14.2. The Kier molecular flexibility index (Phi) is 6.48. The molecule has 1 aromatic carbocycles. The first kappa shape index (κ1) is 20.5. The van der Waals surface area contributed by atoms with Gasteiger partial charge in [0.25, 0.3) is 10.0 Å². The molecule has 2 heterocycles. The Morgan fingerprint density at radius 2 is 2.14 bits per heavy atom. The number of likely N-dealkylation sites (N-methyl/N-ethyl adjacent to an activating group) is 1. The summed E-state index contributed by atoms with van der Waals surface area (Å²) in [4.78, 5) is 19.7. The lowest BCUT2D eigenvalue weighted by Crippen LogP contribution is -2.30. The standard InChI is InChI=1S/C19H24N4O3S2/c1-14-8-10-27-17(14)12-23(2)13-19(24)21-15-5-3-6-16(11-15)28(25,26)22-18-7-4-9-20-18/h3,5-6,8,10-11H,4,7,9,12-13H2,1-2H3,(H,20,22)(H,21,24). The van der Waals surface area contributed by atoms with Gasteiger partial charge in [0, 0.05) is 30.1 Å². The van der Waals surface area contributed by atoms with Crippen molar-refractivity contribution in [1.29, 1.82) is 0 Å². The third-order valence-electron chi connectivity index (χ3n) is 4.35. The summed E-state index contributed by atoms with van der Waals surface area (Å²) in [5.41, 5.74) is 1.66. The second kappa shape index (κ2) is 8.85. The van der Waals surface area contributed by atoms with Gasteiger partial charge in [0.05, 0.1) is 11.4 Å². The molecule has 1 aromatic heterocycles. The van der Waals surface area contributed by atoms with Crippen LogP contribution >= 0.6 is 11.3 Å². The van der Waals surface area contributed by atoms with E-state index in [4.69, 9.17) is 0 Å². The van der Waals surface area contributed by atoms with Gasteiger partial charge in [-0.3, -0.25) is 19.4 Å². The summed E-state index contributed by atoms with van der Waals surface area (Å²) in [5, 5.41) is 4.81. The first-order chi connectivity index (χ1) is 13.3. The quantitative estimate of drug-likeness (QED) is 0.720. The van der Waals surface area contributed by atoms with Crippen LogP contribution in [0.5, 0.6) is 0 Å². The van der Waals surface area contributed by atoms with Crippen molar-refractivity contribution < 1.29 is 13.2 Å². The largest absolute Gasteiger partial charge is 0.325 e. The third-order valence-corrected chi connectivity index (χ3v) is 6.74. The van der Waals surface area contributed by atoms with Gasteiger partial charge in [0.15, 0.2) is 0 Å². The minimum atomic E-state index is -3.71. The Morgan fingerprint density at radius 1 is 1.32 bits per heavy atom. The highest BCUT2D eigenvalue weighted by atomic mass is 32.2. The van der Waals surface area contributed by atoms with E-state index in [9.17, 15) is 13.2 Å². The predicted octanol–water partition coefficient (Wildman–Crippen LogP) is 2.60. The Bertz CT molecular complexity index is 983. The van der Waals surface area contributed by atoms with E-state index in [1.807, 2.05) is 17.3 Å². The molecular formula is C19H24N4O3S2. The van der Waals surface area contributed by atoms with Crippen LogP contribution < -0.4 is 10.0 Å². The smallest absolute Gasteiger partial charge is 0.262 e. The number of carbonyl (C=O) groups excluding carboxylic acids is 1. The van der Waals surface area contributed by atoms with Crippen LogP contribution in [-0.4, -0.2) is 45.2 Å². The van der Waals surface area contributed by atoms with Crippen molar-refractivity contribution in [3.8, 4) is 0 Å². The van der Waals surface area contributed by atoms with Gasteiger partial charge in [-0.2, -0.15) is 0 Å². The number of aliphatic imine (C=N–C) groups is 1. The number of hydrogen-bond acceptors (Lipinski definition) is 6. The lowest BCUT2D eigenvalue weighted by molar-refractivity contribution is -0.117. The van der Waals surface area contributed by atoms with E-state index in [1.54, 1.807) is 23.5 Å². The van der Waals surface area contributed by atoms with E-state index in [2.05, 4.69) is 28.0 Å². The Morgan fingerprint density at radius 3 is 2.82 bits per heavy atom. The van der Waals surface area contributed by atoms with Crippen LogP contribution in [0.2, 0.25) is 0 Å². The zero-order valence-corrected chi connectivity index (χ0v) is 17.6. The summed E-state index contributed by atoms with van der Waals surface area (Å²) in [6.07, 6.45) is 1.48. The molecule has 150 valence electrons. The van der Waals surface area contributed by atoms with Crippen molar-refractivity contribution in [2.45, 2.75) is 31.2 Å². The summed E-state index contributed by atoms with van der Waals surface area (Å²) in [6, 6.07) is 8.30. The summed E-state index contributed by atoms with van der Waals surface area (Å²) in [7, 11) is -1.82. The first-order valence-electron chi connectivity index (χ1n) is 9.01. The summed E-state index contributed by atoms with van der Waals surface area (Å²) in [6.45, 7) is 3.60. The highest BCUT2D eigenvalue weighted by Crippen LogP contribution is 2.18. The van der Waals surface area contributed by atoms with E-state index < -0.39 is 10.0 Å². The van der Waals surface area contributed by atoms with Crippen molar-refractivity contribution >= 4 is 38.8 Å². The average molecular weight is 421 g/mol.